The highest BCUT2D eigenvalue weighted by atomic mass is 19.4. The Labute approximate surface area is 209 Å². The van der Waals surface area contributed by atoms with E-state index in [-0.39, 0.29) is 30.6 Å². The second-order valence-electron chi connectivity index (χ2n) is 8.01. The van der Waals surface area contributed by atoms with Crippen LogP contribution in [0.1, 0.15) is 21.5 Å². The van der Waals surface area contributed by atoms with E-state index in [9.17, 15) is 22.4 Å². The molecule has 11 heteroatoms. The number of aromatic nitrogens is 3. The minimum atomic E-state index is -4.48. The third-order valence-electron chi connectivity index (χ3n) is 5.35. The smallest absolute Gasteiger partial charge is 0.416 e. The quantitative estimate of drug-likeness (QED) is 0.242. The van der Waals surface area contributed by atoms with Gasteiger partial charge in [0.15, 0.2) is 5.82 Å². The van der Waals surface area contributed by atoms with Crippen molar-refractivity contribution in [2.24, 2.45) is 0 Å². The summed E-state index contributed by atoms with van der Waals surface area (Å²) in [5, 5.41) is 7.10. The van der Waals surface area contributed by atoms with Gasteiger partial charge in [0.1, 0.15) is 12.4 Å². The standard InChI is InChI=1S/C26H22F4N4O3/c1-16-14-18(8-11-22(16)27)24(35)31-20-4-3-5-21(15-20)34-23(32-25(33-34)37-13-12-36-2)17-6-9-19(10-7-17)26(28,29)30/h3-11,14-15H,12-13H2,1-2H3,(H,31,35). The van der Waals surface area contributed by atoms with Crippen molar-refractivity contribution in [3.8, 4) is 23.1 Å². The molecule has 1 N–H and O–H groups in total. The van der Waals surface area contributed by atoms with E-state index in [0.717, 1.165) is 12.1 Å². The maximum absolute atomic E-state index is 13.6. The zero-order chi connectivity index (χ0) is 26.6. The third kappa shape index (κ3) is 6.12. The van der Waals surface area contributed by atoms with Crippen molar-refractivity contribution in [2.75, 3.05) is 25.6 Å². The van der Waals surface area contributed by atoms with E-state index in [1.165, 1.54) is 42.1 Å². The fourth-order valence-electron chi connectivity index (χ4n) is 3.45. The molecule has 0 bridgehead atoms. The van der Waals surface area contributed by atoms with Crippen LogP contribution < -0.4 is 10.1 Å². The largest absolute Gasteiger partial charge is 0.460 e. The Morgan fingerprint density at radius 1 is 1.03 bits per heavy atom. The Balaban J connectivity index is 1.67. The van der Waals surface area contributed by atoms with E-state index < -0.39 is 23.5 Å². The molecule has 0 atom stereocenters. The lowest BCUT2D eigenvalue weighted by atomic mass is 10.1. The van der Waals surface area contributed by atoms with Gasteiger partial charge in [-0.05, 0) is 61.0 Å². The lowest BCUT2D eigenvalue weighted by molar-refractivity contribution is -0.137. The first kappa shape index (κ1) is 25.8. The molecule has 4 aromatic rings. The summed E-state index contributed by atoms with van der Waals surface area (Å²) in [7, 11) is 1.51. The summed E-state index contributed by atoms with van der Waals surface area (Å²) in [5.41, 5.74) is 1.09. The number of hydrogen-bond donors (Lipinski definition) is 1. The van der Waals surface area contributed by atoms with E-state index >= 15 is 0 Å². The number of aryl methyl sites for hydroxylation is 1. The van der Waals surface area contributed by atoms with Crippen LogP contribution in [0.15, 0.2) is 66.7 Å². The molecular formula is C26H22F4N4O3. The fourth-order valence-corrected chi connectivity index (χ4v) is 3.45. The Bertz CT molecular complexity index is 1400. The highest BCUT2D eigenvalue weighted by Crippen LogP contribution is 2.32. The Morgan fingerprint density at radius 2 is 1.78 bits per heavy atom. The number of carbonyl (C=O) groups is 1. The molecule has 0 fully saturated rings. The first-order valence-electron chi connectivity index (χ1n) is 11.1. The van der Waals surface area contributed by atoms with Crippen LogP contribution >= 0.6 is 0 Å². The predicted octanol–water partition coefficient (Wildman–Crippen LogP) is 5.68. The van der Waals surface area contributed by atoms with Gasteiger partial charge in [-0.2, -0.15) is 18.2 Å². The number of nitrogens with one attached hydrogen (secondary N) is 1. The van der Waals surface area contributed by atoms with E-state index in [2.05, 4.69) is 15.4 Å². The summed E-state index contributed by atoms with van der Waals surface area (Å²) in [6, 6.07) is 15.2. The monoisotopic (exact) mass is 514 g/mol. The van der Waals surface area contributed by atoms with E-state index in [1.54, 1.807) is 31.2 Å². The molecule has 1 heterocycles. The van der Waals surface area contributed by atoms with Crippen LogP contribution in [0.3, 0.4) is 0 Å². The zero-order valence-corrected chi connectivity index (χ0v) is 19.8. The van der Waals surface area contributed by atoms with Crippen LogP contribution in [0.4, 0.5) is 23.2 Å². The Hall–Kier alpha value is -4.25. The van der Waals surface area contributed by atoms with Gasteiger partial charge in [0, 0.05) is 23.9 Å². The molecule has 0 radical (unpaired) electrons. The SMILES string of the molecule is COCCOc1nc(-c2ccc(C(F)(F)F)cc2)n(-c2cccc(NC(=O)c3ccc(F)c(C)c3)c2)n1. The lowest BCUT2D eigenvalue weighted by Gasteiger charge is -2.11. The van der Waals surface area contributed by atoms with Crippen LogP contribution in [0.2, 0.25) is 0 Å². The molecule has 0 unspecified atom stereocenters. The van der Waals surface area contributed by atoms with Crippen LogP contribution in [-0.4, -0.2) is 41.0 Å². The number of nitrogens with zero attached hydrogens (tertiary/aromatic N) is 3. The molecule has 0 aliphatic heterocycles. The van der Waals surface area contributed by atoms with Crippen molar-refractivity contribution in [2.45, 2.75) is 13.1 Å². The number of halogens is 4. The molecule has 192 valence electrons. The van der Waals surface area contributed by atoms with Gasteiger partial charge in [0.05, 0.1) is 17.9 Å². The van der Waals surface area contributed by atoms with Gasteiger partial charge in [0.2, 0.25) is 0 Å². The number of anilines is 1. The highest BCUT2D eigenvalue weighted by molar-refractivity contribution is 6.04. The summed E-state index contributed by atoms with van der Waals surface area (Å²) in [6.45, 7) is 2.02. The maximum atomic E-state index is 13.6. The van der Waals surface area contributed by atoms with E-state index in [1.807, 2.05) is 0 Å². The summed E-state index contributed by atoms with van der Waals surface area (Å²) in [4.78, 5) is 17.0. The lowest BCUT2D eigenvalue weighted by Crippen LogP contribution is -2.12. The first-order valence-corrected chi connectivity index (χ1v) is 11.1. The zero-order valence-electron chi connectivity index (χ0n) is 19.8. The van der Waals surface area contributed by atoms with Crippen molar-refractivity contribution < 1.29 is 31.8 Å². The molecule has 0 aliphatic rings. The van der Waals surface area contributed by atoms with Crippen LogP contribution in [-0.2, 0) is 10.9 Å². The topological polar surface area (TPSA) is 78.3 Å². The van der Waals surface area contributed by atoms with Crippen LogP contribution in [0, 0.1) is 12.7 Å². The summed E-state index contributed by atoms with van der Waals surface area (Å²) >= 11 is 0. The van der Waals surface area contributed by atoms with Crippen molar-refractivity contribution in [1.29, 1.82) is 0 Å². The highest BCUT2D eigenvalue weighted by Gasteiger charge is 2.30. The molecule has 1 aromatic heterocycles. The van der Waals surface area contributed by atoms with Gasteiger partial charge < -0.3 is 14.8 Å². The molecule has 7 nitrogen and oxygen atoms in total. The second-order valence-corrected chi connectivity index (χ2v) is 8.01. The van der Waals surface area contributed by atoms with E-state index in [4.69, 9.17) is 9.47 Å². The van der Waals surface area contributed by atoms with Crippen molar-refractivity contribution >= 4 is 11.6 Å². The fraction of sp³-hybridized carbons (Fsp3) is 0.192. The number of amides is 1. The van der Waals surface area contributed by atoms with Gasteiger partial charge in [-0.25, -0.2) is 9.07 Å². The number of rotatable bonds is 8. The predicted molar refractivity (Wildman–Crippen MR) is 128 cm³/mol. The average Bonchev–Trinajstić information content (AvgIpc) is 3.30. The molecular weight excluding hydrogens is 492 g/mol. The molecule has 0 saturated heterocycles. The Kier molecular flexibility index (Phi) is 7.53. The molecule has 0 spiro atoms. The molecule has 0 aliphatic carbocycles. The van der Waals surface area contributed by atoms with Crippen molar-refractivity contribution in [3.63, 3.8) is 0 Å². The summed E-state index contributed by atoms with van der Waals surface area (Å²) < 4.78 is 64.6. The average molecular weight is 514 g/mol. The van der Waals surface area contributed by atoms with Gasteiger partial charge >= 0.3 is 12.2 Å². The van der Waals surface area contributed by atoms with Gasteiger partial charge in [0.25, 0.3) is 5.91 Å². The summed E-state index contributed by atoms with van der Waals surface area (Å²) in [5.74, 6) is -0.617. The number of ether oxygens (including phenoxy) is 2. The van der Waals surface area contributed by atoms with Crippen molar-refractivity contribution in [3.05, 3.63) is 89.2 Å². The van der Waals surface area contributed by atoms with Crippen LogP contribution in [0.5, 0.6) is 6.01 Å². The Morgan fingerprint density at radius 3 is 2.46 bits per heavy atom. The van der Waals surface area contributed by atoms with Gasteiger partial charge in [-0.1, -0.05) is 18.2 Å². The number of methoxy groups -OCH3 is 1. The molecule has 0 saturated carbocycles. The normalized spacial score (nSPS) is 11.4. The number of benzene rings is 3. The van der Waals surface area contributed by atoms with Crippen molar-refractivity contribution in [1.82, 2.24) is 14.8 Å². The first-order chi connectivity index (χ1) is 17.7. The van der Waals surface area contributed by atoms with Gasteiger partial charge in [-0.15, -0.1) is 5.10 Å². The summed E-state index contributed by atoms with van der Waals surface area (Å²) in [6.07, 6.45) is -4.48. The third-order valence-corrected chi connectivity index (χ3v) is 5.35. The number of carbonyl (C=O) groups excluding carboxylic acids is 1. The molecule has 1 amide bonds. The van der Waals surface area contributed by atoms with Crippen LogP contribution in [0.25, 0.3) is 17.1 Å². The second kappa shape index (κ2) is 10.8. The molecule has 37 heavy (non-hydrogen) atoms. The number of hydrogen-bond acceptors (Lipinski definition) is 5. The van der Waals surface area contributed by atoms with Gasteiger partial charge in [-0.3, -0.25) is 4.79 Å². The van der Waals surface area contributed by atoms with E-state index in [0.29, 0.717) is 22.5 Å². The minimum Gasteiger partial charge on any atom is -0.460 e. The maximum Gasteiger partial charge on any atom is 0.416 e. The molecule has 4 rings (SSSR count). The number of alkyl halides is 3. The minimum absolute atomic E-state index is 0.00294. The molecule has 3 aromatic carbocycles.